The predicted molar refractivity (Wildman–Crippen MR) is 109 cm³/mol. The first-order chi connectivity index (χ1) is 13.0. The van der Waals surface area contributed by atoms with Gasteiger partial charge in [0.1, 0.15) is 21.5 Å². The Bertz CT molecular complexity index is 1150. The number of amides is 1. The van der Waals surface area contributed by atoms with Crippen LogP contribution in [0.4, 0.5) is 5.82 Å². The van der Waals surface area contributed by atoms with Gasteiger partial charge in [-0.2, -0.15) is 0 Å². The molecule has 3 aromatic heterocycles. The van der Waals surface area contributed by atoms with E-state index in [1.807, 2.05) is 19.1 Å². The molecule has 1 aliphatic heterocycles. The number of aryl methyl sites for hydroxylation is 1. The second-order valence-electron chi connectivity index (χ2n) is 5.85. The molecule has 1 fully saturated rings. The van der Waals surface area contributed by atoms with E-state index < -0.39 is 0 Å². The largest absolute Gasteiger partial charge is 0.467 e. The Morgan fingerprint density at radius 2 is 2.22 bits per heavy atom. The number of thioether (sulfide) groups is 1. The summed E-state index contributed by atoms with van der Waals surface area (Å²) in [5, 5.41) is 5.69. The number of nitrogens with zero attached hydrogens (tertiary/aromatic N) is 2. The van der Waals surface area contributed by atoms with Crippen LogP contribution in [0.2, 0.25) is 0 Å². The number of hydrogen-bond acceptors (Lipinski definition) is 7. The molecule has 0 unspecified atom stereocenters. The van der Waals surface area contributed by atoms with Crippen LogP contribution in [0.3, 0.4) is 0 Å². The van der Waals surface area contributed by atoms with Crippen LogP contribution in [-0.2, 0) is 11.3 Å². The fourth-order valence-corrected chi connectivity index (χ4v) is 3.74. The maximum Gasteiger partial charge on any atom is 0.267 e. The highest BCUT2D eigenvalue weighted by atomic mass is 32.2. The number of furan rings is 1. The van der Waals surface area contributed by atoms with E-state index in [4.69, 9.17) is 16.6 Å². The van der Waals surface area contributed by atoms with Crippen molar-refractivity contribution in [1.29, 1.82) is 0 Å². The molecule has 7 nitrogen and oxygen atoms in total. The van der Waals surface area contributed by atoms with E-state index in [0.29, 0.717) is 33.0 Å². The summed E-state index contributed by atoms with van der Waals surface area (Å²) in [5.74, 6) is 0.759. The zero-order chi connectivity index (χ0) is 19.0. The molecule has 1 aliphatic rings. The molecule has 27 heavy (non-hydrogen) atoms. The number of aromatic nitrogens is 2. The summed E-state index contributed by atoms with van der Waals surface area (Å²) < 4.78 is 7.16. The van der Waals surface area contributed by atoms with Crippen LogP contribution in [0, 0.1) is 6.92 Å². The van der Waals surface area contributed by atoms with Crippen LogP contribution in [0.5, 0.6) is 0 Å². The number of anilines is 1. The zero-order valence-electron chi connectivity index (χ0n) is 14.2. The van der Waals surface area contributed by atoms with Gasteiger partial charge in [0.15, 0.2) is 0 Å². The van der Waals surface area contributed by atoms with Crippen molar-refractivity contribution in [3.63, 3.8) is 0 Å². The first kappa shape index (κ1) is 17.5. The number of pyridine rings is 1. The molecule has 0 atom stereocenters. The summed E-state index contributed by atoms with van der Waals surface area (Å²) in [6.45, 7) is 2.24. The number of rotatable bonds is 4. The minimum absolute atomic E-state index is 0.274. The van der Waals surface area contributed by atoms with Crippen LogP contribution >= 0.6 is 24.0 Å². The lowest BCUT2D eigenvalue weighted by Crippen LogP contribution is -2.22. The maximum absolute atomic E-state index is 13.1. The van der Waals surface area contributed by atoms with Gasteiger partial charge in [-0.3, -0.25) is 14.0 Å². The Hall–Kier alpha value is -2.91. The van der Waals surface area contributed by atoms with E-state index in [0.717, 1.165) is 17.3 Å². The summed E-state index contributed by atoms with van der Waals surface area (Å²) in [4.78, 5) is 30.1. The van der Waals surface area contributed by atoms with Gasteiger partial charge in [0, 0.05) is 6.20 Å². The Morgan fingerprint density at radius 3 is 2.93 bits per heavy atom. The first-order valence-corrected chi connectivity index (χ1v) is 9.28. The van der Waals surface area contributed by atoms with E-state index in [9.17, 15) is 9.59 Å². The quantitative estimate of drug-likeness (QED) is 0.516. The number of carbonyl (C=O) groups excluding carboxylic acids is 1. The number of nitrogens with one attached hydrogen (secondary N) is 2. The van der Waals surface area contributed by atoms with Crippen LogP contribution in [-0.4, -0.2) is 19.6 Å². The SMILES string of the molecule is Cc1cccn2c(=O)c(C=C3SC(=S)NC3=O)c(NCc3ccco3)nc12. The Balaban J connectivity index is 1.86. The zero-order valence-corrected chi connectivity index (χ0v) is 15.8. The average Bonchev–Trinajstić information content (AvgIpc) is 3.26. The third kappa shape index (κ3) is 3.38. The molecular weight excluding hydrogens is 384 g/mol. The second-order valence-corrected chi connectivity index (χ2v) is 7.57. The molecule has 136 valence electrons. The molecule has 0 saturated carbocycles. The van der Waals surface area contributed by atoms with Crippen LogP contribution in [0.15, 0.2) is 50.8 Å². The molecule has 0 spiro atoms. The lowest BCUT2D eigenvalue weighted by Gasteiger charge is -2.11. The summed E-state index contributed by atoms with van der Waals surface area (Å²) in [6, 6.07) is 7.27. The normalized spacial score (nSPS) is 15.5. The smallest absolute Gasteiger partial charge is 0.267 e. The lowest BCUT2D eigenvalue weighted by atomic mass is 10.2. The Morgan fingerprint density at radius 1 is 1.37 bits per heavy atom. The van der Waals surface area contributed by atoms with Gasteiger partial charge in [-0.25, -0.2) is 4.98 Å². The Kier molecular flexibility index (Phi) is 4.54. The van der Waals surface area contributed by atoms with Crippen molar-refractivity contribution in [3.8, 4) is 0 Å². The molecule has 1 amide bonds. The first-order valence-electron chi connectivity index (χ1n) is 8.06. The molecule has 1 saturated heterocycles. The fourth-order valence-electron chi connectivity index (χ4n) is 2.71. The summed E-state index contributed by atoms with van der Waals surface area (Å²) in [6.07, 6.45) is 4.75. The van der Waals surface area contributed by atoms with Crippen molar-refractivity contribution in [2.24, 2.45) is 0 Å². The van der Waals surface area contributed by atoms with E-state index in [1.54, 1.807) is 24.6 Å². The van der Waals surface area contributed by atoms with E-state index in [-0.39, 0.29) is 17.0 Å². The topological polar surface area (TPSA) is 88.6 Å². The fraction of sp³-hybridized carbons (Fsp3) is 0.111. The van der Waals surface area contributed by atoms with Crippen LogP contribution in [0.25, 0.3) is 11.7 Å². The third-order valence-electron chi connectivity index (χ3n) is 4.01. The van der Waals surface area contributed by atoms with Gasteiger partial charge in [-0.1, -0.05) is 30.0 Å². The highest BCUT2D eigenvalue weighted by molar-refractivity contribution is 8.26. The van der Waals surface area contributed by atoms with Gasteiger partial charge in [0.2, 0.25) is 0 Å². The van der Waals surface area contributed by atoms with Gasteiger partial charge in [0.05, 0.1) is 23.3 Å². The molecule has 2 N–H and O–H groups in total. The molecule has 4 rings (SSSR count). The number of fused-ring (bicyclic) bond motifs is 1. The van der Waals surface area contributed by atoms with Gasteiger partial charge in [-0.05, 0) is 36.8 Å². The average molecular weight is 398 g/mol. The summed E-state index contributed by atoms with van der Waals surface area (Å²) in [5.41, 5.74) is 1.42. The molecule has 3 aromatic rings. The highest BCUT2D eigenvalue weighted by Gasteiger charge is 2.24. The Labute approximate surface area is 163 Å². The molecule has 0 bridgehead atoms. The van der Waals surface area contributed by atoms with E-state index in [1.165, 1.54) is 10.5 Å². The maximum atomic E-state index is 13.1. The third-order valence-corrected chi connectivity index (χ3v) is 5.17. The molecule has 4 heterocycles. The standard InChI is InChI=1S/C18H14N4O3S2/c1-10-4-2-6-22-15(10)20-14(19-9-11-5-3-7-25-11)12(17(22)24)8-13-16(23)21-18(26)27-13/h2-8,19H,9H2,1H3,(H,21,23,26). The summed E-state index contributed by atoms with van der Waals surface area (Å²) in [7, 11) is 0. The molecule has 9 heteroatoms. The van der Waals surface area contributed by atoms with Gasteiger partial charge >= 0.3 is 0 Å². The van der Waals surface area contributed by atoms with Crippen LogP contribution in [0.1, 0.15) is 16.9 Å². The number of carbonyl (C=O) groups is 1. The lowest BCUT2D eigenvalue weighted by molar-refractivity contribution is -0.115. The van der Waals surface area contributed by atoms with Crippen molar-refractivity contribution in [3.05, 3.63) is 68.9 Å². The molecule has 0 aliphatic carbocycles. The van der Waals surface area contributed by atoms with Gasteiger partial charge < -0.3 is 15.1 Å². The molecule has 0 radical (unpaired) electrons. The van der Waals surface area contributed by atoms with Crippen molar-refractivity contribution in [1.82, 2.24) is 14.7 Å². The monoisotopic (exact) mass is 398 g/mol. The van der Waals surface area contributed by atoms with Crippen molar-refractivity contribution >= 4 is 51.7 Å². The molecule has 0 aromatic carbocycles. The van der Waals surface area contributed by atoms with Crippen molar-refractivity contribution in [2.45, 2.75) is 13.5 Å². The van der Waals surface area contributed by atoms with Crippen molar-refractivity contribution in [2.75, 3.05) is 5.32 Å². The predicted octanol–water partition coefficient (Wildman–Crippen LogP) is 2.70. The van der Waals surface area contributed by atoms with Crippen LogP contribution < -0.4 is 16.2 Å². The van der Waals surface area contributed by atoms with Gasteiger partial charge in [-0.15, -0.1) is 0 Å². The minimum Gasteiger partial charge on any atom is -0.467 e. The highest BCUT2D eigenvalue weighted by Crippen LogP contribution is 2.27. The summed E-state index contributed by atoms with van der Waals surface area (Å²) >= 11 is 6.14. The second kappa shape index (κ2) is 7.01. The number of hydrogen-bond donors (Lipinski definition) is 2. The van der Waals surface area contributed by atoms with Gasteiger partial charge in [0.25, 0.3) is 11.5 Å². The molecular formula is C18H14N4O3S2. The van der Waals surface area contributed by atoms with Crippen molar-refractivity contribution < 1.29 is 9.21 Å². The number of thiocarbonyl (C=S) groups is 1. The van der Waals surface area contributed by atoms with E-state index in [2.05, 4.69) is 15.6 Å². The minimum atomic E-state index is -0.323. The van der Waals surface area contributed by atoms with E-state index >= 15 is 0 Å².